The number of pyridine rings is 1. The third kappa shape index (κ3) is 2.80. The number of fused-ring (bicyclic) bond motifs is 1. The number of rotatable bonds is 3. The second-order valence-electron chi connectivity index (χ2n) is 5.41. The second-order valence-corrected chi connectivity index (χ2v) is 5.41. The number of ether oxygens (including phenoxy) is 1. The van der Waals surface area contributed by atoms with Crippen LogP contribution in [0.4, 0.5) is 5.69 Å². The van der Waals surface area contributed by atoms with Crippen LogP contribution in [0.2, 0.25) is 0 Å². The topological polar surface area (TPSA) is 91.3 Å². The van der Waals surface area contributed by atoms with Crippen molar-refractivity contribution in [3.63, 3.8) is 0 Å². The molecule has 0 saturated heterocycles. The number of hydrogen-bond donors (Lipinski definition) is 1. The van der Waals surface area contributed by atoms with Gasteiger partial charge in [0.1, 0.15) is 6.10 Å². The van der Waals surface area contributed by atoms with Crippen LogP contribution in [0.1, 0.15) is 25.7 Å². The van der Waals surface area contributed by atoms with Crippen molar-refractivity contribution in [3.8, 4) is 5.75 Å². The number of nitrogens with two attached hydrogens (primary N) is 1. The largest absolute Gasteiger partial charge is 0.483 e. The Bertz CT molecular complexity index is 674. The highest BCUT2D eigenvalue weighted by Crippen LogP contribution is 2.36. The molecule has 0 aliphatic heterocycles. The molecule has 0 bridgehead atoms. The summed E-state index contributed by atoms with van der Waals surface area (Å²) in [5.41, 5.74) is 6.52. The predicted molar refractivity (Wildman–Crippen MR) is 79.3 cm³/mol. The lowest BCUT2D eigenvalue weighted by Crippen LogP contribution is -2.33. The minimum atomic E-state index is -0.401. The third-order valence-corrected chi connectivity index (χ3v) is 3.86. The number of nitrogens with zero attached hydrogens (tertiary/aromatic N) is 2. The van der Waals surface area contributed by atoms with Gasteiger partial charge in [0.05, 0.1) is 15.8 Å². The van der Waals surface area contributed by atoms with Gasteiger partial charge in [-0.05, 0) is 49.9 Å². The molecule has 6 nitrogen and oxygen atoms in total. The Hall–Kier alpha value is -2.21. The van der Waals surface area contributed by atoms with Crippen LogP contribution in [0, 0.1) is 10.1 Å². The number of benzene rings is 1. The number of hydrogen-bond acceptors (Lipinski definition) is 5. The summed E-state index contributed by atoms with van der Waals surface area (Å²) in [5, 5.41) is 11.9. The van der Waals surface area contributed by atoms with E-state index in [0.717, 1.165) is 25.7 Å². The maximum absolute atomic E-state index is 11.4. The van der Waals surface area contributed by atoms with E-state index < -0.39 is 4.92 Å². The Kier molecular flexibility index (Phi) is 3.70. The first-order valence-corrected chi connectivity index (χ1v) is 7.09. The lowest BCUT2D eigenvalue weighted by Gasteiger charge is -2.27. The van der Waals surface area contributed by atoms with Crippen LogP contribution < -0.4 is 10.5 Å². The molecule has 2 unspecified atom stereocenters. The number of aromatic nitrogens is 1. The van der Waals surface area contributed by atoms with E-state index in [9.17, 15) is 10.1 Å². The number of nitro groups is 1. The summed E-state index contributed by atoms with van der Waals surface area (Å²) >= 11 is 0. The molecule has 21 heavy (non-hydrogen) atoms. The van der Waals surface area contributed by atoms with Gasteiger partial charge >= 0.3 is 5.69 Å². The monoisotopic (exact) mass is 287 g/mol. The van der Waals surface area contributed by atoms with Crippen LogP contribution in [-0.2, 0) is 0 Å². The summed E-state index contributed by atoms with van der Waals surface area (Å²) in [6.07, 6.45) is 5.17. The molecule has 110 valence electrons. The highest BCUT2D eigenvalue weighted by molar-refractivity contribution is 5.90. The highest BCUT2D eigenvalue weighted by atomic mass is 16.6. The second kappa shape index (κ2) is 5.65. The zero-order chi connectivity index (χ0) is 14.8. The molecule has 1 aromatic heterocycles. The smallest absolute Gasteiger partial charge is 0.320 e. The minimum absolute atomic E-state index is 0.0141. The van der Waals surface area contributed by atoms with Gasteiger partial charge in [0.15, 0.2) is 5.75 Å². The normalized spacial score (nSPS) is 22.1. The van der Waals surface area contributed by atoms with E-state index in [1.54, 1.807) is 30.5 Å². The summed E-state index contributed by atoms with van der Waals surface area (Å²) in [5.74, 6) is 0.305. The Balaban J connectivity index is 1.97. The maximum Gasteiger partial charge on any atom is 0.320 e. The van der Waals surface area contributed by atoms with Crippen molar-refractivity contribution in [1.29, 1.82) is 0 Å². The lowest BCUT2D eigenvalue weighted by molar-refractivity contribution is -0.384. The van der Waals surface area contributed by atoms with Gasteiger partial charge in [0.2, 0.25) is 0 Å². The van der Waals surface area contributed by atoms with Gasteiger partial charge in [-0.3, -0.25) is 15.1 Å². The SMILES string of the molecule is NC1CCCC(Oc2ccc3ncccc3c2[N+](=O)[O-])C1. The van der Waals surface area contributed by atoms with Crippen LogP contribution >= 0.6 is 0 Å². The zero-order valence-electron chi connectivity index (χ0n) is 11.6. The Morgan fingerprint density at radius 1 is 1.33 bits per heavy atom. The molecule has 1 aliphatic carbocycles. The first-order chi connectivity index (χ1) is 10.1. The molecular formula is C15H17N3O3. The molecule has 1 aromatic carbocycles. The summed E-state index contributed by atoms with van der Waals surface area (Å²) in [7, 11) is 0. The van der Waals surface area contributed by atoms with Gasteiger partial charge in [0.25, 0.3) is 0 Å². The van der Waals surface area contributed by atoms with Crippen molar-refractivity contribution in [2.24, 2.45) is 5.73 Å². The van der Waals surface area contributed by atoms with E-state index in [1.165, 1.54) is 0 Å². The maximum atomic E-state index is 11.4. The fourth-order valence-corrected chi connectivity index (χ4v) is 2.87. The Labute approximate surface area is 122 Å². The molecule has 3 rings (SSSR count). The van der Waals surface area contributed by atoms with Crippen LogP contribution in [0.25, 0.3) is 10.9 Å². The van der Waals surface area contributed by atoms with Crippen LogP contribution in [0.5, 0.6) is 5.75 Å². The Morgan fingerprint density at radius 3 is 2.95 bits per heavy atom. The van der Waals surface area contributed by atoms with E-state index in [-0.39, 0.29) is 17.8 Å². The molecule has 1 fully saturated rings. The lowest BCUT2D eigenvalue weighted by atomic mass is 9.93. The molecule has 1 heterocycles. The highest BCUT2D eigenvalue weighted by Gasteiger charge is 2.26. The van der Waals surface area contributed by atoms with Crippen molar-refractivity contribution in [2.75, 3.05) is 0 Å². The summed E-state index contributed by atoms with van der Waals surface area (Å²) in [4.78, 5) is 15.2. The Morgan fingerprint density at radius 2 is 2.19 bits per heavy atom. The van der Waals surface area contributed by atoms with Gasteiger partial charge in [-0.25, -0.2) is 0 Å². The van der Waals surface area contributed by atoms with Crippen molar-refractivity contribution in [3.05, 3.63) is 40.6 Å². The van der Waals surface area contributed by atoms with Crippen molar-refractivity contribution in [2.45, 2.75) is 37.8 Å². The average molecular weight is 287 g/mol. The quantitative estimate of drug-likeness (QED) is 0.692. The molecule has 6 heteroatoms. The first-order valence-electron chi connectivity index (χ1n) is 7.09. The molecule has 2 N–H and O–H groups in total. The third-order valence-electron chi connectivity index (χ3n) is 3.86. The van der Waals surface area contributed by atoms with E-state index in [2.05, 4.69) is 4.98 Å². The molecular weight excluding hydrogens is 270 g/mol. The average Bonchev–Trinajstić information content (AvgIpc) is 2.46. The standard InChI is InChI=1S/C15H17N3O3/c16-10-3-1-4-11(9-10)21-14-7-6-13-12(5-2-8-17-13)15(14)18(19)20/h2,5-8,10-11H,1,3-4,9,16H2. The molecule has 1 saturated carbocycles. The molecule has 2 atom stereocenters. The van der Waals surface area contributed by atoms with E-state index in [0.29, 0.717) is 16.7 Å². The van der Waals surface area contributed by atoms with Crippen LogP contribution in [-0.4, -0.2) is 22.1 Å². The van der Waals surface area contributed by atoms with E-state index in [4.69, 9.17) is 10.5 Å². The summed E-state index contributed by atoms with van der Waals surface area (Å²) < 4.78 is 5.88. The van der Waals surface area contributed by atoms with E-state index >= 15 is 0 Å². The first kappa shape index (κ1) is 13.8. The van der Waals surface area contributed by atoms with Gasteiger partial charge < -0.3 is 10.5 Å². The van der Waals surface area contributed by atoms with Gasteiger partial charge in [0, 0.05) is 12.2 Å². The van der Waals surface area contributed by atoms with Gasteiger partial charge in [-0.1, -0.05) is 0 Å². The summed E-state index contributed by atoms with van der Waals surface area (Å²) in [6.45, 7) is 0. The van der Waals surface area contributed by atoms with Crippen molar-refractivity contribution in [1.82, 2.24) is 4.98 Å². The van der Waals surface area contributed by atoms with Crippen LogP contribution in [0.3, 0.4) is 0 Å². The fraction of sp³-hybridized carbons (Fsp3) is 0.400. The minimum Gasteiger partial charge on any atom is -0.483 e. The van der Waals surface area contributed by atoms with E-state index in [1.807, 2.05) is 0 Å². The van der Waals surface area contributed by atoms with Crippen molar-refractivity contribution >= 4 is 16.6 Å². The predicted octanol–water partition coefficient (Wildman–Crippen LogP) is 2.79. The molecule has 2 aromatic rings. The molecule has 0 radical (unpaired) electrons. The summed E-state index contributed by atoms with van der Waals surface area (Å²) in [6, 6.07) is 6.88. The molecule has 0 amide bonds. The van der Waals surface area contributed by atoms with Gasteiger partial charge in [-0.2, -0.15) is 0 Å². The fourth-order valence-electron chi connectivity index (χ4n) is 2.87. The van der Waals surface area contributed by atoms with Crippen molar-refractivity contribution < 1.29 is 9.66 Å². The van der Waals surface area contributed by atoms with Gasteiger partial charge in [-0.15, -0.1) is 0 Å². The molecule has 0 spiro atoms. The van der Waals surface area contributed by atoms with Crippen LogP contribution in [0.15, 0.2) is 30.5 Å². The zero-order valence-corrected chi connectivity index (χ0v) is 11.6. The number of nitro benzene ring substituents is 1. The molecule has 1 aliphatic rings.